The van der Waals surface area contributed by atoms with Crippen LogP contribution in [-0.2, 0) is 7.05 Å². The van der Waals surface area contributed by atoms with Crippen molar-refractivity contribution in [1.29, 1.82) is 0 Å². The second-order valence-corrected chi connectivity index (χ2v) is 7.26. The van der Waals surface area contributed by atoms with E-state index in [9.17, 15) is 4.79 Å². The molecule has 1 fully saturated rings. The van der Waals surface area contributed by atoms with E-state index in [1.165, 1.54) is 29.9 Å². The zero-order valence-corrected chi connectivity index (χ0v) is 14.3. The molecule has 0 bridgehead atoms. The maximum absolute atomic E-state index is 13.1. The van der Waals surface area contributed by atoms with Crippen LogP contribution in [0.3, 0.4) is 0 Å². The van der Waals surface area contributed by atoms with E-state index in [1.807, 2.05) is 13.8 Å². The molecule has 1 amide bonds. The first-order chi connectivity index (χ1) is 10.6. The Balaban J connectivity index is 1.95. The van der Waals surface area contributed by atoms with Gasteiger partial charge in [-0.25, -0.2) is 4.98 Å². The Kier molecular flexibility index (Phi) is 4.34. The molecule has 3 rings (SSSR count). The number of likely N-dealkylation sites (tertiary alicyclic amines) is 1. The first kappa shape index (κ1) is 15.3. The largest absolute Gasteiger partial charge is 0.353 e. The maximum Gasteiger partial charge on any atom is 0.266 e. The minimum Gasteiger partial charge on any atom is -0.353 e. The third-order valence-corrected chi connectivity index (χ3v) is 5.50. The minimum atomic E-state index is 0.149. The third-order valence-electron chi connectivity index (χ3n) is 4.44. The summed E-state index contributed by atoms with van der Waals surface area (Å²) in [6.45, 7) is 4.74. The van der Waals surface area contributed by atoms with Crippen molar-refractivity contribution in [3.8, 4) is 0 Å². The molecule has 0 saturated carbocycles. The fraction of sp³-hybridized carbons (Fsp3) is 0.529. The zero-order valence-electron chi connectivity index (χ0n) is 13.5. The molecule has 5 heteroatoms. The number of carbonyl (C=O) groups excluding carboxylic acids is 1. The Morgan fingerprint density at radius 2 is 2.14 bits per heavy atom. The molecular weight excluding hydrogens is 294 g/mol. The number of aryl methyl sites for hydroxylation is 3. The number of hydrogen-bond acceptors (Lipinski definition) is 3. The standard InChI is InChI=1S/C17H23N3OS/c1-12-16(22-13(2)18-12)17(21)20-11-6-4-5-8-15(20)14-9-7-10-19(14)3/h7,9-10,15H,4-6,8,11H2,1-3H3. The highest BCUT2D eigenvalue weighted by Gasteiger charge is 2.30. The highest BCUT2D eigenvalue weighted by molar-refractivity contribution is 7.13. The van der Waals surface area contributed by atoms with Crippen molar-refractivity contribution in [2.24, 2.45) is 7.05 Å². The summed E-state index contributed by atoms with van der Waals surface area (Å²) < 4.78 is 2.14. The lowest BCUT2D eigenvalue weighted by atomic mass is 10.1. The van der Waals surface area contributed by atoms with Crippen LogP contribution in [0.1, 0.15) is 57.8 Å². The first-order valence-electron chi connectivity index (χ1n) is 7.94. The molecule has 0 aromatic carbocycles. The van der Waals surface area contributed by atoms with Gasteiger partial charge in [0.05, 0.1) is 16.7 Å². The van der Waals surface area contributed by atoms with Gasteiger partial charge in [0.25, 0.3) is 5.91 Å². The van der Waals surface area contributed by atoms with Gasteiger partial charge in [-0.2, -0.15) is 0 Å². The van der Waals surface area contributed by atoms with Gasteiger partial charge in [-0.1, -0.05) is 12.8 Å². The van der Waals surface area contributed by atoms with Crippen molar-refractivity contribution in [3.63, 3.8) is 0 Å². The molecule has 3 heterocycles. The molecule has 0 aliphatic carbocycles. The molecule has 4 nitrogen and oxygen atoms in total. The molecule has 0 spiro atoms. The summed E-state index contributed by atoms with van der Waals surface area (Å²) in [5, 5.41) is 0.964. The fourth-order valence-electron chi connectivity index (χ4n) is 3.34. The van der Waals surface area contributed by atoms with Crippen LogP contribution in [0.2, 0.25) is 0 Å². The number of carbonyl (C=O) groups is 1. The molecule has 2 aromatic heterocycles. The van der Waals surface area contributed by atoms with Gasteiger partial charge in [-0.05, 0) is 38.8 Å². The van der Waals surface area contributed by atoms with Crippen LogP contribution in [0.4, 0.5) is 0 Å². The number of nitrogens with zero attached hydrogens (tertiary/aromatic N) is 3. The predicted molar refractivity (Wildman–Crippen MR) is 89.2 cm³/mol. The van der Waals surface area contributed by atoms with Gasteiger partial charge in [0, 0.05) is 25.5 Å². The van der Waals surface area contributed by atoms with E-state index in [2.05, 4.69) is 39.8 Å². The third kappa shape index (κ3) is 2.82. The van der Waals surface area contributed by atoms with Crippen LogP contribution in [0, 0.1) is 13.8 Å². The molecule has 118 valence electrons. The van der Waals surface area contributed by atoms with Crippen molar-refractivity contribution in [1.82, 2.24) is 14.5 Å². The normalized spacial score (nSPS) is 19.2. The first-order valence-corrected chi connectivity index (χ1v) is 8.76. The Labute approximate surface area is 135 Å². The maximum atomic E-state index is 13.1. The van der Waals surface area contributed by atoms with Crippen molar-refractivity contribution in [2.75, 3.05) is 6.54 Å². The van der Waals surface area contributed by atoms with Crippen LogP contribution in [-0.4, -0.2) is 26.9 Å². The summed E-state index contributed by atoms with van der Waals surface area (Å²) in [5.74, 6) is 0.149. The van der Waals surface area contributed by atoms with Gasteiger partial charge in [-0.15, -0.1) is 11.3 Å². The minimum absolute atomic E-state index is 0.149. The monoisotopic (exact) mass is 317 g/mol. The topological polar surface area (TPSA) is 38.1 Å². The molecular formula is C17H23N3OS. The molecule has 1 saturated heterocycles. The van der Waals surface area contributed by atoms with Gasteiger partial charge < -0.3 is 9.47 Å². The van der Waals surface area contributed by atoms with Crippen molar-refractivity contribution in [2.45, 2.75) is 45.6 Å². The smallest absolute Gasteiger partial charge is 0.266 e. The Bertz CT molecular complexity index is 673. The highest BCUT2D eigenvalue weighted by atomic mass is 32.1. The average Bonchev–Trinajstić information content (AvgIpc) is 2.95. The molecule has 2 aromatic rings. The van der Waals surface area contributed by atoms with Gasteiger partial charge in [0.1, 0.15) is 4.88 Å². The lowest BCUT2D eigenvalue weighted by Crippen LogP contribution is -2.35. The van der Waals surface area contributed by atoms with Crippen LogP contribution in [0.25, 0.3) is 0 Å². The van der Waals surface area contributed by atoms with Crippen LogP contribution >= 0.6 is 11.3 Å². The predicted octanol–water partition coefficient (Wildman–Crippen LogP) is 3.86. The van der Waals surface area contributed by atoms with Crippen molar-refractivity contribution < 1.29 is 4.79 Å². The Morgan fingerprint density at radius 1 is 1.32 bits per heavy atom. The summed E-state index contributed by atoms with van der Waals surface area (Å²) in [6.07, 6.45) is 6.57. The van der Waals surface area contributed by atoms with Crippen molar-refractivity contribution >= 4 is 17.2 Å². The van der Waals surface area contributed by atoms with Crippen LogP contribution < -0.4 is 0 Å². The SMILES string of the molecule is Cc1nc(C)c(C(=O)N2CCCCCC2c2cccn2C)s1. The second-order valence-electron chi connectivity index (χ2n) is 6.06. The lowest BCUT2D eigenvalue weighted by molar-refractivity contribution is 0.0678. The molecule has 1 unspecified atom stereocenters. The van der Waals surface area contributed by atoms with E-state index in [0.29, 0.717) is 0 Å². The van der Waals surface area contributed by atoms with E-state index in [-0.39, 0.29) is 11.9 Å². The summed E-state index contributed by atoms with van der Waals surface area (Å²) in [5.41, 5.74) is 2.09. The van der Waals surface area contributed by atoms with Crippen LogP contribution in [0.15, 0.2) is 18.3 Å². The summed E-state index contributed by atoms with van der Waals surface area (Å²) in [7, 11) is 2.06. The summed E-state index contributed by atoms with van der Waals surface area (Å²) in [6, 6.07) is 4.38. The summed E-state index contributed by atoms with van der Waals surface area (Å²) >= 11 is 1.52. The van der Waals surface area contributed by atoms with E-state index >= 15 is 0 Å². The van der Waals surface area contributed by atoms with E-state index in [4.69, 9.17) is 0 Å². The number of aromatic nitrogens is 2. The lowest BCUT2D eigenvalue weighted by Gasteiger charge is -2.30. The highest BCUT2D eigenvalue weighted by Crippen LogP contribution is 2.32. The van der Waals surface area contributed by atoms with E-state index in [1.54, 1.807) is 0 Å². The molecule has 0 N–H and O–H groups in total. The van der Waals surface area contributed by atoms with Gasteiger partial charge in [0.15, 0.2) is 0 Å². The molecule has 1 aliphatic heterocycles. The van der Waals surface area contributed by atoms with Gasteiger partial charge in [0.2, 0.25) is 0 Å². The molecule has 1 atom stereocenters. The average molecular weight is 317 g/mol. The van der Waals surface area contributed by atoms with Crippen molar-refractivity contribution in [3.05, 3.63) is 39.6 Å². The molecule has 22 heavy (non-hydrogen) atoms. The zero-order chi connectivity index (χ0) is 15.7. The number of amides is 1. The number of rotatable bonds is 2. The van der Waals surface area contributed by atoms with Gasteiger partial charge in [-0.3, -0.25) is 4.79 Å². The number of hydrogen-bond donors (Lipinski definition) is 0. The number of thiazole rings is 1. The van der Waals surface area contributed by atoms with Gasteiger partial charge >= 0.3 is 0 Å². The summed E-state index contributed by atoms with van der Waals surface area (Å²) in [4.78, 5) is 20.4. The Morgan fingerprint density at radius 3 is 2.77 bits per heavy atom. The van der Waals surface area contributed by atoms with E-state index in [0.717, 1.165) is 35.0 Å². The molecule has 1 aliphatic rings. The second kappa shape index (κ2) is 6.24. The Hall–Kier alpha value is -1.62. The fourth-order valence-corrected chi connectivity index (χ4v) is 4.22. The molecule has 0 radical (unpaired) electrons. The quantitative estimate of drug-likeness (QED) is 0.843. The van der Waals surface area contributed by atoms with Crippen LogP contribution in [0.5, 0.6) is 0 Å². The van der Waals surface area contributed by atoms with E-state index < -0.39 is 0 Å².